The monoisotopic (exact) mass is 463 g/mol. The van der Waals surface area contributed by atoms with Crippen LogP contribution in [-0.2, 0) is 10.0 Å². The van der Waals surface area contributed by atoms with E-state index < -0.39 is 16.1 Å². The van der Waals surface area contributed by atoms with Crippen molar-refractivity contribution in [2.45, 2.75) is 30.6 Å². The van der Waals surface area contributed by atoms with Gasteiger partial charge < -0.3 is 10.5 Å². The topological polar surface area (TPSA) is 92.9 Å². The second-order valence-electron chi connectivity index (χ2n) is 8.15. The first kappa shape index (κ1) is 21.9. The molecule has 0 unspecified atom stereocenters. The zero-order valence-corrected chi connectivity index (χ0v) is 18.9. The van der Waals surface area contributed by atoms with Crippen LogP contribution in [0, 0.1) is 11.8 Å². The molecule has 31 heavy (non-hydrogen) atoms. The van der Waals surface area contributed by atoms with Crippen LogP contribution in [0.15, 0.2) is 47.4 Å². The number of urea groups is 1. The van der Waals surface area contributed by atoms with Gasteiger partial charge in [0.1, 0.15) is 10.6 Å². The number of hydrogen-bond acceptors (Lipinski definition) is 5. The molecule has 0 aromatic heterocycles. The van der Waals surface area contributed by atoms with Crippen LogP contribution in [0.5, 0.6) is 5.75 Å². The summed E-state index contributed by atoms with van der Waals surface area (Å²) in [6, 6.07) is 10.2. The molecule has 0 atom stereocenters. The summed E-state index contributed by atoms with van der Waals surface area (Å²) in [5.74, 6) is 1.62. The molecule has 9 heteroatoms. The molecule has 1 saturated carbocycles. The molecule has 2 amide bonds. The molecule has 2 aromatic carbocycles. The number of carbonyl (C=O) groups excluding carboxylic acids is 1. The number of nitrogens with two attached hydrogens (primary N) is 1. The Morgan fingerprint density at radius 2 is 1.71 bits per heavy atom. The van der Waals surface area contributed by atoms with Gasteiger partial charge in [-0.25, -0.2) is 13.2 Å². The van der Waals surface area contributed by atoms with E-state index in [0.717, 1.165) is 36.5 Å². The minimum Gasteiger partial charge on any atom is -0.493 e. The SMILES string of the molecule is CN1C(=O)N(c2ccc(Cl)cc2)S(=O)(=O)c2ccc(OC[C@H]3CC[C@H](CN)CC3)cc21. The normalized spacial score (nSPS) is 22.9. The van der Waals surface area contributed by atoms with E-state index in [1.165, 1.54) is 23.1 Å². The maximum absolute atomic E-state index is 13.2. The van der Waals surface area contributed by atoms with Gasteiger partial charge in [0.2, 0.25) is 0 Å². The summed E-state index contributed by atoms with van der Waals surface area (Å²) >= 11 is 5.90. The number of rotatable bonds is 5. The first-order valence-corrected chi connectivity index (χ1v) is 12.2. The van der Waals surface area contributed by atoms with Crippen LogP contribution in [0.2, 0.25) is 5.02 Å². The summed E-state index contributed by atoms with van der Waals surface area (Å²) in [5.41, 5.74) is 6.30. The van der Waals surface area contributed by atoms with Crippen LogP contribution in [0.25, 0.3) is 0 Å². The molecule has 1 heterocycles. The van der Waals surface area contributed by atoms with Gasteiger partial charge in [0.15, 0.2) is 0 Å². The Hall–Kier alpha value is -2.29. The third-order valence-corrected chi connectivity index (χ3v) is 8.12. The largest absolute Gasteiger partial charge is 0.493 e. The van der Waals surface area contributed by atoms with Crippen molar-refractivity contribution in [1.29, 1.82) is 0 Å². The molecule has 0 spiro atoms. The Kier molecular flexibility index (Phi) is 6.14. The number of ether oxygens (including phenoxy) is 1. The van der Waals surface area contributed by atoms with Crippen molar-refractivity contribution in [3.05, 3.63) is 47.5 Å². The maximum atomic E-state index is 13.2. The molecule has 0 saturated heterocycles. The summed E-state index contributed by atoms with van der Waals surface area (Å²) in [4.78, 5) is 14.3. The zero-order valence-electron chi connectivity index (χ0n) is 17.3. The van der Waals surface area contributed by atoms with Gasteiger partial charge in [0, 0.05) is 18.1 Å². The lowest BCUT2D eigenvalue weighted by Gasteiger charge is -2.34. The fourth-order valence-electron chi connectivity index (χ4n) is 4.18. The summed E-state index contributed by atoms with van der Waals surface area (Å²) in [7, 11) is -2.51. The van der Waals surface area contributed by atoms with Crippen LogP contribution in [0.1, 0.15) is 25.7 Å². The van der Waals surface area contributed by atoms with Gasteiger partial charge >= 0.3 is 6.03 Å². The van der Waals surface area contributed by atoms with Gasteiger partial charge in [-0.2, -0.15) is 4.31 Å². The van der Waals surface area contributed by atoms with Gasteiger partial charge in [-0.1, -0.05) is 11.6 Å². The van der Waals surface area contributed by atoms with Gasteiger partial charge in [-0.15, -0.1) is 0 Å². The highest BCUT2D eigenvalue weighted by atomic mass is 35.5. The summed E-state index contributed by atoms with van der Waals surface area (Å²) in [6.45, 7) is 1.30. The number of fused-ring (bicyclic) bond motifs is 1. The average Bonchev–Trinajstić information content (AvgIpc) is 2.77. The number of halogens is 1. The molecule has 1 aliphatic carbocycles. The quantitative estimate of drug-likeness (QED) is 0.715. The van der Waals surface area contributed by atoms with E-state index in [-0.39, 0.29) is 10.6 Å². The number of benzene rings is 2. The van der Waals surface area contributed by atoms with Crippen molar-refractivity contribution in [3.8, 4) is 5.75 Å². The van der Waals surface area contributed by atoms with E-state index in [1.807, 2.05) is 0 Å². The highest BCUT2D eigenvalue weighted by Gasteiger charge is 2.41. The molecule has 2 aliphatic rings. The van der Waals surface area contributed by atoms with E-state index in [0.29, 0.717) is 34.9 Å². The standard InChI is InChI=1S/C22H26ClN3O4S/c1-25-20-12-19(30-14-16-4-2-15(13-24)3-5-16)10-11-21(20)31(28,29)26(22(25)27)18-8-6-17(23)7-9-18/h6-12,15-16H,2-5,13-14,24H2,1H3/t15-,16-. The maximum Gasteiger partial charge on any atom is 0.342 e. The molecule has 166 valence electrons. The van der Waals surface area contributed by atoms with Crippen LogP contribution in [0.4, 0.5) is 16.2 Å². The van der Waals surface area contributed by atoms with E-state index >= 15 is 0 Å². The third kappa shape index (κ3) is 4.24. The lowest BCUT2D eigenvalue weighted by Crippen LogP contribution is -2.49. The third-order valence-electron chi connectivity index (χ3n) is 6.12. The highest BCUT2D eigenvalue weighted by Crippen LogP contribution is 2.39. The lowest BCUT2D eigenvalue weighted by atomic mass is 9.82. The number of carbonyl (C=O) groups is 1. The van der Waals surface area contributed by atoms with Gasteiger partial charge in [-0.05, 0) is 80.5 Å². The van der Waals surface area contributed by atoms with Gasteiger partial charge in [-0.3, -0.25) is 4.90 Å². The fourth-order valence-corrected chi connectivity index (χ4v) is 5.93. The Labute approximate surface area is 187 Å². The molecule has 0 radical (unpaired) electrons. The predicted octanol–water partition coefficient (Wildman–Crippen LogP) is 4.25. The molecule has 4 rings (SSSR count). The Morgan fingerprint density at radius 3 is 2.35 bits per heavy atom. The minimum atomic E-state index is -4.06. The van der Waals surface area contributed by atoms with Crippen molar-refractivity contribution < 1.29 is 17.9 Å². The lowest BCUT2D eigenvalue weighted by molar-refractivity contribution is 0.185. The van der Waals surface area contributed by atoms with Crippen molar-refractivity contribution in [3.63, 3.8) is 0 Å². The van der Waals surface area contributed by atoms with Crippen LogP contribution < -0.4 is 19.7 Å². The highest BCUT2D eigenvalue weighted by molar-refractivity contribution is 7.94. The Bertz CT molecular complexity index is 1070. The molecule has 1 fully saturated rings. The van der Waals surface area contributed by atoms with E-state index in [1.54, 1.807) is 31.3 Å². The van der Waals surface area contributed by atoms with Crippen LogP contribution >= 0.6 is 11.6 Å². The zero-order chi connectivity index (χ0) is 22.2. The predicted molar refractivity (Wildman–Crippen MR) is 121 cm³/mol. The number of hydrogen-bond donors (Lipinski definition) is 1. The minimum absolute atomic E-state index is 0.0559. The van der Waals surface area contributed by atoms with Gasteiger partial charge in [0.25, 0.3) is 10.0 Å². The van der Waals surface area contributed by atoms with Gasteiger partial charge in [0.05, 0.1) is 18.0 Å². The second-order valence-corrected chi connectivity index (χ2v) is 10.3. The molecular formula is C22H26ClN3O4S. The molecular weight excluding hydrogens is 438 g/mol. The molecule has 2 aromatic rings. The van der Waals surface area contributed by atoms with Crippen molar-refractivity contribution >= 4 is 39.0 Å². The van der Waals surface area contributed by atoms with Crippen LogP contribution in [0.3, 0.4) is 0 Å². The fraction of sp³-hybridized carbons (Fsp3) is 0.409. The smallest absolute Gasteiger partial charge is 0.342 e. The number of anilines is 2. The number of nitrogens with zero attached hydrogens (tertiary/aromatic N) is 2. The van der Waals surface area contributed by atoms with Crippen LogP contribution in [-0.4, -0.2) is 34.6 Å². The first-order chi connectivity index (χ1) is 14.8. The second kappa shape index (κ2) is 8.68. The van der Waals surface area contributed by atoms with E-state index in [4.69, 9.17) is 22.1 Å². The molecule has 0 bridgehead atoms. The molecule has 1 aliphatic heterocycles. The van der Waals surface area contributed by atoms with E-state index in [2.05, 4.69) is 0 Å². The summed E-state index contributed by atoms with van der Waals surface area (Å²) in [6.07, 6.45) is 4.39. The number of amides is 2. The van der Waals surface area contributed by atoms with E-state index in [9.17, 15) is 13.2 Å². The molecule has 2 N–H and O–H groups in total. The van der Waals surface area contributed by atoms with Crippen molar-refractivity contribution in [2.75, 3.05) is 29.4 Å². The molecule has 7 nitrogen and oxygen atoms in total. The Morgan fingerprint density at radius 1 is 1.06 bits per heavy atom. The summed E-state index contributed by atoms with van der Waals surface area (Å²) in [5, 5.41) is 0.456. The number of sulfonamides is 1. The Balaban J connectivity index is 1.55. The average molecular weight is 464 g/mol. The van der Waals surface area contributed by atoms with Crippen molar-refractivity contribution in [1.82, 2.24) is 0 Å². The van der Waals surface area contributed by atoms with Crippen molar-refractivity contribution in [2.24, 2.45) is 17.6 Å². The summed E-state index contributed by atoms with van der Waals surface area (Å²) < 4.78 is 33.2. The first-order valence-electron chi connectivity index (χ1n) is 10.4.